The smallest absolute Gasteiger partial charge is 0.0767 e. The average molecular weight is 251 g/mol. The molecule has 0 saturated heterocycles. The third-order valence-electron chi connectivity index (χ3n) is 4.28. The number of rotatable bonds is 0. The lowest BCUT2D eigenvalue weighted by molar-refractivity contribution is 0.330. The van der Waals surface area contributed by atoms with Crippen LogP contribution in [0.4, 0.5) is 11.4 Å². The summed E-state index contributed by atoms with van der Waals surface area (Å²) in [6.45, 7) is 2.21. The molecule has 1 aliphatic heterocycles. The molecule has 2 nitrogen and oxygen atoms in total. The van der Waals surface area contributed by atoms with Crippen molar-refractivity contribution in [3.8, 4) is 0 Å². The molecule has 3 heteroatoms. The zero-order valence-corrected chi connectivity index (χ0v) is 11.1. The van der Waals surface area contributed by atoms with Gasteiger partial charge in [-0.1, -0.05) is 30.5 Å². The molecule has 0 radical (unpaired) electrons. The Hall–Kier alpha value is -0.890. The minimum Gasteiger partial charge on any atom is -0.382 e. The second kappa shape index (κ2) is 4.09. The maximum Gasteiger partial charge on any atom is 0.0767 e. The lowest BCUT2D eigenvalue weighted by Gasteiger charge is -2.31. The fraction of sp³-hybridized carbons (Fsp3) is 0.571. The third kappa shape index (κ3) is 1.89. The summed E-state index contributed by atoms with van der Waals surface area (Å²) < 4.78 is 0. The highest BCUT2D eigenvalue weighted by Crippen LogP contribution is 2.44. The van der Waals surface area contributed by atoms with Crippen LogP contribution in [0.3, 0.4) is 0 Å². The van der Waals surface area contributed by atoms with Crippen LogP contribution in [0.25, 0.3) is 0 Å². The molecule has 1 aromatic carbocycles. The maximum absolute atomic E-state index is 6.29. The summed E-state index contributed by atoms with van der Waals surface area (Å²) in [6, 6.07) is 6.15. The highest BCUT2D eigenvalue weighted by atomic mass is 35.5. The second-order valence-corrected chi connectivity index (χ2v) is 5.96. The zero-order valence-electron chi connectivity index (χ0n) is 10.3. The molecule has 1 heterocycles. The maximum atomic E-state index is 6.29. The number of anilines is 2. The van der Waals surface area contributed by atoms with Gasteiger partial charge in [0.1, 0.15) is 0 Å². The van der Waals surface area contributed by atoms with Crippen LogP contribution in [-0.4, -0.2) is 20.1 Å². The number of hydrogen-bond acceptors (Lipinski definition) is 2. The SMILES string of the molecule is CN1CC2(CCCC2)CNc2c(Cl)cccc21. The van der Waals surface area contributed by atoms with Crippen molar-refractivity contribution in [1.82, 2.24) is 0 Å². The lowest BCUT2D eigenvalue weighted by Crippen LogP contribution is -2.36. The molecule has 1 fully saturated rings. The number of nitrogens with one attached hydrogen (secondary N) is 1. The van der Waals surface area contributed by atoms with Crippen LogP contribution in [0, 0.1) is 5.41 Å². The van der Waals surface area contributed by atoms with E-state index in [1.807, 2.05) is 12.1 Å². The number of nitrogens with zero attached hydrogens (tertiary/aromatic N) is 1. The number of benzene rings is 1. The monoisotopic (exact) mass is 250 g/mol. The normalized spacial score (nSPS) is 22.1. The lowest BCUT2D eigenvalue weighted by atomic mass is 9.86. The third-order valence-corrected chi connectivity index (χ3v) is 4.59. The summed E-state index contributed by atoms with van der Waals surface area (Å²) in [6.07, 6.45) is 5.44. The van der Waals surface area contributed by atoms with Crippen LogP contribution in [0.5, 0.6) is 0 Å². The Balaban J connectivity index is 1.97. The Labute approximate surface area is 108 Å². The molecule has 0 bridgehead atoms. The molecule has 1 spiro atoms. The standard InChI is InChI=1S/C14H19ClN2/c1-17-10-14(7-2-3-8-14)9-16-13-11(15)5-4-6-12(13)17/h4-6,16H,2-3,7-10H2,1H3. The number of hydrogen-bond donors (Lipinski definition) is 1. The van der Waals surface area contributed by atoms with E-state index in [-0.39, 0.29) is 0 Å². The van der Waals surface area contributed by atoms with Crippen molar-refractivity contribution in [3.05, 3.63) is 23.2 Å². The molecule has 0 unspecified atom stereocenters. The van der Waals surface area contributed by atoms with Crippen molar-refractivity contribution in [2.75, 3.05) is 30.4 Å². The fourth-order valence-corrected chi connectivity index (χ4v) is 3.62. The van der Waals surface area contributed by atoms with E-state index in [9.17, 15) is 0 Å². The van der Waals surface area contributed by atoms with E-state index >= 15 is 0 Å². The molecule has 1 N–H and O–H groups in total. The molecule has 2 aliphatic rings. The second-order valence-electron chi connectivity index (χ2n) is 5.55. The van der Waals surface area contributed by atoms with Crippen molar-refractivity contribution in [2.45, 2.75) is 25.7 Å². The number of halogens is 1. The van der Waals surface area contributed by atoms with Crippen LogP contribution >= 0.6 is 11.6 Å². The molecular formula is C14H19ClN2. The van der Waals surface area contributed by atoms with E-state index in [1.165, 1.54) is 31.4 Å². The molecule has 0 atom stereocenters. The van der Waals surface area contributed by atoms with E-state index in [2.05, 4.69) is 23.3 Å². The summed E-state index contributed by atoms with van der Waals surface area (Å²) in [5.74, 6) is 0. The summed E-state index contributed by atoms with van der Waals surface area (Å²) in [5, 5.41) is 4.42. The molecule has 3 rings (SSSR count). The van der Waals surface area contributed by atoms with Gasteiger partial charge in [-0.2, -0.15) is 0 Å². The molecule has 0 amide bonds. The van der Waals surface area contributed by atoms with Gasteiger partial charge in [-0.05, 0) is 25.0 Å². The van der Waals surface area contributed by atoms with Gasteiger partial charge >= 0.3 is 0 Å². The molecule has 1 saturated carbocycles. The Morgan fingerprint density at radius 3 is 2.82 bits per heavy atom. The highest BCUT2D eigenvalue weighted by molar-refractivity contribution is 6.34. The van der Waals surface area contributed by atoms with Crippen LogP contribution in [0.15, 0.2) is 18.2 Å². The predicted octanol–water partition coefficient (Wildman–Crippen LogP) is 3.76. The van der Waals surface area contributed by atoms with Crippen LogP contribution in [0.1, 0.15) is 25.7 Å². The molecule has 1 aliphatic carbocycles. The number of fused-ring (bicyclic) bond motifs is 1. The Bertz CT molecular complexity index is 424. The quantitative estimate of drug-likeness (QED) is 0.754. The van der Waals surface area contributed by atoms with Crippen molar-refractivity contribution in [2.24, 2.45) is 5.41 Å². The van der Waals surface area contributed by atoms with E-state index in [1.54, 1.807) is 0 Å². The van der Waals surface area contributed by atoms with Crippen LogP contribution in [0.2, 0.25) is 5.02 Å². The minimum absolute atomic E-state index is 0.455. The van der Waals surface area contributed by atoms with Crippen molar-refractivity contribution >= 4 is 23.0 Å². The topological polar surface area (TPSA) is 15.3 Å². The van der Waals surface area contributed by atoms with Gasteiger partial charge in [0, 0.05) is 25.6 Å². The Morgan fingerprint density at radius 2 is 2.06 bits per heavy atom. The Kier molecular flexibility index (Phi) is 2.70. The van der Waals surface area contributed by atoms with Crippen LogP contribution < -0.4 is 10.2 Å². The first-order valence-electron chi connectivity index (χ1n) is 6.44. The summed E-state index contributed by atoms with van der Waals surface area (Å²) >= 11 is 6.29. The van der Waals surface area contributed by atoms with Gasteiger partial charge in [-0.25, -0.2) is 0 Å². The zero-order chi connectivity index (χ0) is 11.9. The minimum atomic E-state index is 0.455. The van der Waals surface area contributed by atoms with Gasteiger partial charge in [-0.3, -0.25) is 0 Å². The molecule has 1 aromatic rings. The fourth-order valence-electron chi connectivity index (χ4n) is 3.39. The molecule has 0 aromatic heterocycles. The Morgan fingerprint density at radius 1 is 1.29 bits per heavy atom. The van der Waals surface area contributed by atoms with Crippen molar-refractivity contribution in [3.63, 3.8) is 0 Å². The van der Waals surface area contributed by atoms with Gasteiger partial charge in [-0.15, -0.1) is 0 Å². The predicted molar refractivity (Wildman–Crippen MR) is 74.1 cm³/mol. The van der Waals surface area contributed by atoms with E-state index in [0.717, 1.165) is 23.8 Å². The molecule has 92 valence electrons. The van der Waals surface area contributed by atoms with E-state index in [0.29, 0.717) is 5.41 Å². The first-order chi connectivity index (χ1) is 8.20. The summed E-state index contributed by atoms with van der Waals surface area (Å²) in [5.41, 5.74) is 2.80. The first-order valence-corrected chi connectivity index (χ1v) is 6.82. The van der Waals surface area contributed by atoms with Crippen molar-refractivity contribution < 1.29 is 0 Å². The largest absolute Gasteiger partial charge is 0.382 e. The summed E-state index contributed by atoms with van der Waals surface area (Å²) in [4.78, 5) is 2.37. The highest BCUT2D eigenvalue weighted by Gasteiger charge is 2.37. The van der Waals surface area contributed by atoms with E-state index < -0.39 is 0 Å². The van der Waals surface area contributed by atoms with Crippen molar-refractivity contribution in [1.29, 1.82) is 0 Å². The number of para-hydroxylation sites is 1. The average Bonchev–Trinajstić information content (AvgIpc) is 2.70. The molecular weight excluding hydrogens is 232 g/mol. The van der Waals surface area contributed by atoms with Gasteiger partial charge in [0.15, 0.2) is 0 Å². The van der Waals surface area contributed by atoms with Gasteiger partial charge < -0.3 is 10.2 Å². The van der Waals surface area contributed by atoms with Gasteiger partial charge in [0.25, 0.3) is 0 Å². The first kappa shape index (κ1) is 11.2. The van der Waals surface area contributed by atoms with Gasteiger partial charge in [0.05, 0.1) is 16.4 Å². The van der Waals surface area contributed by atoms with Crippen LogP contribution in [-0.2, 0) is 0 Å². The van der Waals surface area contributed by atoms with E-state index in [4.69, 9.17) is 11.6 Å². The summed E-state index contributed by atoms with van der Waals surface area (Å²) in [7, 11) is 2.18. The molecule has 17 heavy (non-hydrogen) atoms. The van der Waals surface area contributed by atoms with Gasteiger partial charge in [0.2, 0.25) is 0 Å².